The van der Waals surface area contributed by atoms with Crippen LogP contribution in [0, 0.1) is 0 Å². The molecule has 0 fully saturated rings. The number of H-pyrrole nitrogens is 1. The van der Waals surface area contributed by atoms with Crippen molar-refractivity contribution in [3.63, 3.8) is 0 Å². The van der Waals surface area contributed by atoms with Gasteiger partial charge in [0.1, 0.15) is 0 Å². The van der Waals surface area contributed by atoms with Gasteiger partial charge in [0.15, 0.2) is 5.13 Å². The van der Waals surface area contributed by atoms with Gasteiger partial charge >= 0.3 is 0 Å². The Hall–Kier alpha value is -2.34. The molecule has 2 heterocycles. The summed E-state index contributed by atoms with van der Waals surface area (Å²) in [5.41, 5.74) is 3.16. The van der Waals surface area contributed by atoms with Crippen molar-refractivity contribution in [1.29, 1.82) is 0 Å². The molecule has 7 heteroatoms. The van der Waals surface area contributed by atoms with Crippen molar-refractivity contribution in [2.24, 2.45) is 0 Å². The van der Waals surface area contributed by atoms with Gasteiger partial charge in [0.05, 0.1) is 16.3 Å². The van der Waals surface area contributed by atoms with Crippen LogP contribution in [0.15, 0.2) is 54.0 Å². The Morgan fingerprint density at radius 1 is 1.16 bits per heavy atom. The Kier molecular flexibility index (Phi) is 4.21. The first-order valence-corrected chi connectivity index (χ1v) is 9.04. The summed E-state index contributed by atoms with van der Waals surface area (Å²) < 4.78 is 0. The van der Waals surface area contributed by atoms with E-state index in [4.69, 9.17) is 23.2 Å². The van der Waals surface area contributed by atoms with Gasteiger partial charge in [-0.3, -0.25) is 10.1 Å². The van der Waals surface area contributed by atoms with Crippen LogP contribution in [0.25, 0.3) is 22.2 Å². The molecule has 0 radical (unpaired) electrons. The Labute approximate surface area is 157 Å². The van der Waals surface area contributed by atoms with Crippen LogP contribution in [-0.4, -0.2) is 15.9 Å². The van der Waals surface area contributed by atoms with Crippen molar-refractivity contribution in [3.05, 3.63) is 69.7 Å². The molecule has 1 amide bonds. The first kappa shape index (κ1) is 16.1. The van der Waals surface area contributed by atoms with Gasteiger partial charge in [0.2, 0.25) is 0 Å². The third kappa shape index (κ3) is 3.14. The van der Waals surface area contributed by atoms with Crippen LogP contribution < -0.4 is 5.32 Å². The van der Waals surface area contributed by atoms with Crippen LogP contribution in [-0.2, 0) is 0 Å². The largest absolute Gasteiger partial charge is 0.360 e. The van der Waals surface area contributed by atoms with E-state index in [1.807, 2.05) is 35.8 Å². The molecule has 2 N–H and O–H groups in total. The smallest absolute Gasteiger partial charge is 0.259 e. The summed E-state index contributed by atoms with van der Waals surface area (Å²) in [5.74, 6) is -0.340. The van der Waals surface area contributed by atoms with Crippen molar-refractivity contribution in [1.82, 2.24) is 9.97 Å². The highest BCUT2D eigenvalue weighted by molar-refractivity contribution is 7.14. The van der Waals surface area contributed by atoms with Gasteiger partial charge in [-0.15, -0.1) is 11.3 Å². The third-order valence-electron chi connectivity index (χ3n) is 3.76. The zero-order valence-electron chi connectivity index (χ0n) is 12.7. The average molecular weight is 388 g/mol. The van der Waals surface area contributed by atoms with Crippen molar-refractivity contribution >= 4 is 56.5 Å². The molecule has 4 nitrogen and oxygen atoms in total. The average Bonchev–Trinajstić information content (AvgIpc) is 3.23. The predicted octanol–water partition coefficient (Wildman–Crippen LogP) is 5.85. The number of nitrogens with one attached hydrogen (secondary N) is 2. The molecule has 4 aromatic rings. The normalized spacial score (nSPS) is 11.0. The third-order valence-corrected chi connectivity index (χ3v) is 5.09. The number of hydrogen-bond acceptors (Lipinski definition) is 3. The molecule has 4 rings (SSSR count). The summed E-state index contributed by atoms with van der Waals surface area (Å²) in [6, 6.07) is 12.8. The number of halogens is 2. The van der Waals surface area contributed by atoms with Gasteiger partial charge in [-0.1, -0.05) is 41.4 Å². The maximum Gasteiger partial charge on any atom is 0.259 e. The molecule has 2 aromatic carbocycles. The minimum atomic E-state index is -0.340. The number of aromatic amines is 1. The molecule has 0 unspecified atom stereocenters. The monoisotopic (exact) mass is 387 g/mol. The number of aromatic nitrogens is 2. The lowest BCUT2D eigenvalue weighted by atomic mass is 10.1. The Morgan fingerprint density at radius 2 is 2.00 bits per heavy atom. The van der Waals surface area contributed by atoms with Gasteiger partial charge in [0.25, 0.3) is 5.91 Å². The van der Waals surface area contributed by atoms with E-state index in [9.17, 15) is 4.79 Å². The van der Waals surface area contributed by atoms with Gasteiger partial charge in [-0.05, 0) is 24.3 Å². The van der Waals surface area contributed by atoms with Crippen LogP contribution in [0.4, 0.5) is 5.13 Å². The Morgan fingerprint density at radius 3 is 2.88 bits per heavy atom. The van der Waals surface area contributed by atoms with Crippen molar-refractivity contribution in [3.8, 4) is 11.3 Å². The fraction of sp³-hybridized carbons (Fsp3) is 0. The molecular weight excluding hydrogens is 377 g/mol. The van der Waals surface area contributed by atoms with Crippen LogP contribution in [0.5, 0.6) is 0 Å². The SMILES string of the molecule is O=C(Nc1nc(-c2c[nH]c3ccccc23)cs1)c1cc(Cl)ccc1Cl. The fourth-order valence-corrected chi connectivity index (χ4v) is 3.66. The molecule has 0 bridgehead atoms. The number of thiazole rings is 1. The molecule has 0 aliphatic rings. The molecule has 0 saturated heterocycles. The minimum absolute atomic E-state index is 0.318. The van der Waals surface area contributed by atoms with Crippen LogP contribution in [0.2, 0.25) is 10.0 Å². The number of rotatable bonds is 3. The van der Waals surface area contributed by atoms with Crippen LogP contribution >= 0.6 is 34.5 Å². The van der Waals surface area contributed by atoms with Crippen LogP contribution in [0.3, 0.4) is 0 Å². The number of hydrogen-bond donors (Lipinski definition) is 2. The quantitative estimate of drug-likeness (QED) is 0.463. The number of amides is 1. The Bertz CT molecular complexity index is 1090. The second-order valence-electron chi connectivity index (χ2n) is 5.36. The summed E-state index contributed by atoms with van der Waals surface area (Å²) in [4.78, 5) is 20.1. The highest BCUT2D eigenvalue weighted by atomic mass is 35.5. The number of benzene rings is 2. The lowest BCUT2D eigenvalue weighted by molar-refractivity contribution is 0.102. The molecular formula is C18H11Cl2N3OS. The Balaban J connectivity index is 1.61. The van der Waals surface area contributed by atoms with Gasteiger partial charge in [0, 0.05) is 33.1 Å². The highest BCUT2D eigenvalue weighted by Gasteiger charge is 2.15. The molecule has 0 atom stereocenters. The van der Waals surface area contributed by atoms with E-state index in [-0.39, 0.29) is 5.91 Å². The topological polar surface area (TPSA) is 57.8 Å². The number of para-hydroxylation sites is 1. The predicted molar refractivity (Wildman–Crippen MR) is 104 cm³/mol. The number of nitrogens with zero attached hydrogens (tertiary/aromatic N) is 1. The van der Waals surface area contributed by atoms with E-state index in [1.54, 1.807) is 12.1 Å². The van der Waals surface area contributed by atoms with Crippen molar-refractivity contribution in [2.45, 2.75) is 0 Å². The van der Waals surface area contributed by atoms with Gasteiger partial charge in [-0.25, -0.2) is 4.98 Å². The maximum atomic E-state index is 12.4. The number of carbonyl (C=O) groups is 1. The zero-order valence-corrected chi connectivity index (χ0v) is 15.0. The number of fused-ring (bicyclic) bond motifs is 1. The summed E-state index contributed by atoms with van der Waals surface area (Å²) >= 11 is 13.4. The highest BCUT2D eigenvalue weighted by Crippen LogP contribution is 2.31. The molecule has 124 valence electrons. The van der Waals surface area contributed by atoms with E-state index in [1.165, 1.54) is 17.4 Å². The second kappa shape index (κ2) is 6.52. The van der Waals surface area contributed by atoms with E-state index in [0.717, 1.165) is 22.2 Å². The molecule has 0 aliphatic heterocycles. The van der Waals surface area contributed by atoms with Crippen molar-refractivity contribution < 1.29 is 4.79 Å². The lowest BCUT2D eigenvalue weighted by Gasteiger charge is -2.04. The zero-order chi connectivity index (χ0) is 17.4. The molecule has 0 spiro atoms. The summed E-state index contributed by atoms with van der Waals surface area (Å²) in [6.45, 7) is 0. The van der Waals surface area contributed by atoms with E-state index >= 15 is 0 Å². The summed E-state index contributed by atoms with van der Waals surface area (Å²) in [7, 11) is 0. The fourth-order valence-electron chi connectivity index (χ4n) is 2.57. The maximum absolute atomic E-state index is 12.4. The second-order valence-corrected chi connectivity index (χ2v) is 7.07. The minimum Gasteiger partial charge on any atom is -0.360 e. The molecule has 2 aromatic heterocycles. The summed E-state index contributed by atoms with van der Waals surface area (Å²) in [6.07, 6.45) is 1.92. The number of carbonyl (C=O) groups excluding carboxylic acids is 1. The van der Waals surface area contributed by atoms with Gasteiger partial charge < -0.3 is 4.98 Å². The van der Waals surface area contributed by atoms with E-state index in [0.29, 0.717) is 20.7 Å². The van der Waals surface area contributed by atoms with Gasteiger partial charge in [-0.2, -0.15) is 0 Å². The van der Waals surface area contributed by atoms with Crippen LogP contribution in [0.1, 0.15) is 10.4 Å². The first-order valence-electron chi connectivity index (χ1n) is 7.40. The molecule has 0 saturated carbocycles. The number of anilines is 1. The van der Waals surface area contributed by atoms with E-state index in [2.05, 4.69) is 15.3 Å². The molecule has 0 aliphatic carbocycles. The standard InChI is InChI=1S/C18H11Cl2N3OS/c19-10-5-6-14(20)12(7-10)17(24)23-18-22-16(9-25-18)13-8-21-15-4-2-1-3-11(13)15/h1-9,21H,(H,22,23,24). The molecule has 25 heavy (non-hydrogen) atoms. The van der Waals surface area contributed by atoms with Crippen molar-refractivity contribution in [2.75, 3.05) is 5.32 Å². The van der Waals surface area contributed by atoms with E-state index < -0.39 is 0 Å². The lowest BCUT2D eigenvalue weighted by Crippen LogP contribution is -2.12. The summed E-state index contributed by atoms with van der Waals surface area (Å²) in [5, 5.41) is 7.06. The first-order chi connectivity index (χ1) is 12.1.